The molecule has 108 valence electrons. The molecule has 0 saturated heterocycles. The average molecular weight is 278 g/mol. The highest BCUT2D eigenvalue weighted by Crippen LogP contribution is 2.20. The van der Waals surface area contributed by atoms with Gasteiger partial charge in [0.2, 0.25) is 0 Å². The fourth-order valence-electron chi connectivity index (χ4n) is 2.20. The highest BCUT2D eigenvalue weighted by molar-refractivity contribution is 5.96. The van der Waals surface area contributed by atoms with Crippen molar-refractivity contribution in [3.05, 3.63) is 34.9 Å². The van der Waals surface area contributed by atoms with E-state index in [4.69, 9.17) is 15.6 Å². The van der Waals surface area contributed by atoms with Crippen LogP contribution in [0, 0.1) is 0 Å². The quantitative estimate of drug-likeness (QED) is 0.726. The van der Waals surface area contributed by atoms with Crippen LogP contribution in [0.5, 0.6) is 0 Å². The van der Waals surface area contributed by atoms with E-state index in [1.807, 2.05) is 12.1 Å². The zero-order chi connectivity index (χ0) is 14.5. The Morgan fingerprint density at radius 3 is 3.05 bits per heavy atom. The summed E-state index contributed by atoms with van der Waals surface area (Å²) in [5.41, 5.74) is 8.38. The number of ether oxygens (including phenoxy) is 1. The predicted octanol–water partition coefficient (Wildman–Crippen LogP) is 0.464. The van der Waals surface area contributed by atoms with Gasteiger partial charge in [0.05, 0.1) is 12.6 Å². The van der Waals surface area contributed by atoms with Gasteiger partial charge in [-0.1, -0.05) is 12.1 Å². The zero-order valence-electron chi connectivity index (χ0n) is 11.1. The second kappa shape index (κ2) is 6.49. The fourth-order valence-corrected chi connectivity index (χ4v) is 2.20. The minimum atomic E-state index is -1.03. The molecular formula is C14H18N2O4. The Labute approximate surface area is 116 Å². The third kappa shape index (κ3) is 3.55. The molecule has 1 unspecified atom stereocenters. The van der Waals surface area contributed by atoms with E-state index in [0.29, 0.717) is 12.1 Å². The maximum absolute atomic E-state index is 11.9. The molecule has 1 aliphatic rings. The van der Waals surface area contributed by atoms with Crippen molar-refractivity contribution in [1.82, 2.24) is 5.32 Å². The van der Waals surface area contributed by atoms with E-state index in [9.17, 15) is 9.59 Å². The van der Waals surface area contributed by atoms with Crippen LogP contribution in [0.25, 0.3) is 0 Å². The molecule has 1 heterocycles. The standard InChI is InChI=1S/C14H18N2O4/c15-12(7-20-8-13(17)18)10-4-3-9-2-1-5-16-14(19)11(9)6-10/h3-4,6,12H,1-2,5,7-8,15H2,(H,16,19)(H,17,18). The lowest BCUT2D eigenvalue weighted by Crippen LogP contribution is -2.24. The van der Waals surface area contributed by atoms with Crippen LogP contribution in [-0.2, 0) is 16.0 Å². The molecule has 20 heavy (non-hydrogen) atoms. The highest BCUT2D eigenvalue weighted by Gasteiger charge is 2.17. The summed E-state index contributed by atoms with van der Waals surface area (Å²) in [7, 11) is 0. The van der Waals surface area contributed by atoms with Gasteiger partial charge < -0.3 is 20.9 Å². The number of carboxylic acid groups (broad SMARTS) is 1. The molecule has 1 atom stereocenters. The number of carbonyl (C=O) groups excluding carboxylic acids is 1. The Bertz CT molecular complexity index is 516. The van der Waals surface area contributed by atoms with Crippen LogP contribution in [0.2, 0.25) is 0 Å². The number of amides is 1. The molecule has 1 amide bonds. The molecule has 1 aromatic carbocycles. The summed E-state index contributed by atoms with van der Waals surface area (Å²) >= 11 is 0. The average Bonchev–Trinajstić information content (AvgIpc) is 2.60. The summed E-state index contributed by atoms with van der Waals surface area (Å²) in [5.74, 6) is -1.11. The Balaban J connectivity index is 2.09. The molecule has 0 bridgehead atoms. The van der Waals surface area contributed by atoms with Gasteiger partial charge >= 0.3 is 5.97 Å². The van der Waals surface area contributed by atoms with E-state index in [0.717, 1.165) is 24.0 Å². The predicted molar refractivity (Wildman–Crippen MR) is 72.5 cm³/mol. The first-order valence-corrected chi connectivity index (χ1v) is 6.54. The van der Waals surface area contributed by atoms with Gasteiger partial charge in [-0.15, -0.1) is 0 Å². The van der Waals surface area contributed by atoms with Crippen molar-refractivity contribution in [3.8, 4) is 0 Å². The van der Waals surface area contributed by atoms with E-state index < -0.39 is 12.0 Å². The minimum absolute atomic E-state index is 0.0852. The lowest BCUT2D eigenvalue weighted by Gasteiger charge is -2.14. The zero-order valence-corrected chi connectivity index (χ0v) is 11.1. The molecule has 2 rings (SSSR count). The van der Waals surface area contributed by atoms with Crippen LogP contribution >= 0.6 is 0 Å². The van der Waals surface area contributed by atoms with E-state index in [1.54, 1.807) is 6.07 Å². The van der Waals surface area contributed by atoms with Gasteiger partial charge in [-0.25, -0.2) is 4.79 Å². The summed E-state index contributed by atoms with van der Waals surface area (Å²) in [4.78, 5) is 22.3. The largest absolute Gasteiger partial charge is 0.480 e. The highest BCUT2D eigenvalue weighted by atomic mass is 16.5. The summed E-state index contributed by atoms with van der Waals surface area (Å²) < 4.78 is 4.98. The Kier molecular flexibility index (Phi) is 4.70. The van der Waals surface area contributed by atoms with Gasteiger partial charge in [0.1, 0.15) is 6.61 Å². The first-order chi connectivity index (χ1) is 9.58. The van der Waals surface area contributed by atoms with Gasteiger partial charge in [0.25, 0.3) is 5.91 Å². The van der Waals surface area contributed by atoms with E-state index in [2.05, 4.69) is 5.32 Å². The third-order valence-corrected chi connectivity index (χ3v) is 3.24. The molecule has 1 aliphatic heterocycles. The molecule has 1 aromatic rings. The van der Waals surface area contributed by atoms with Crippen molar-refractivity contribution in [2.24, 2.45) is 5.73 Å². The van der Waals surface area contributed by atoms with Crippen LogP contribution in [0.1, 0.15) is 33.9 Å². The lowest BCUT2D eigenvalue weighted by atomic mass is 9.98. The summed E-state index contributed by atoms with van der Waals surface area (Å²) in [6, 6.07) is 5.10. The number of hydrogen-bond acceptors (Lipinski definition) is 4. The second-order valence-corrected chi connectivity index (χ2v) is 4.79. The second-order valence-electron chi connectivity index (χ2n) is 4.79. The molecule has 0 radical (unpaired) electrons. The minimum Gasteiger partial charge on any atom is -0.480 e. The molecule has 6 nitrogen and oxygen atoms in total. The molecule has 6 heteroatoms. The number of fused-ring (bicyclic) bond motifs is 1. The molecule has 0 fully saturated rings. The van der Waals surface area contributed by atoms with Crippen molar-refractivity contribution in [3.63, 3.8) is 0 Å². The Morgan fingerprint density at radius 2 is 2.30 bits per heavy atom. The van der Waals surface area contributed by atoms with Gasteiger partial charge in [0.15, 0.2) is 0 Å². The summed E-state index contributed by atoms with van der Waals surface area (Å²) in [6.45, 7) is 0.405. The molecular weight excluding hydrogens is 260 g/mol. The summed E-state index contributed by atoms with van der Waals surface area (Å²) in [6.07, 6.45) is 1.78. The number of rotatable bonds is 5. The number of nitrogens with two attached hydrogens (primary N) is 1. The number of hydrogen-bond donors (Lipinski definition) is 3. The number of carboxylic acids is 1. The van der Waals surface area contributed by atoms with E-state index in [1.165, 1.54) is 0 Å². The SMILES string of the molecule is NC(COCC(=O)O)c1ccc2c(c1)C(=O)NCCC2. The molecule has 0 spiro atoms. The van der Waals surface area contributed by atoms with Crippen molar-refractivity contribution in [1.29, 1.82) is 0 Å². The fraction of sp³-hybridized carbons (Fsp3) is 0.429. The third-order valence-electron chi connectivity index (χ3n) is 3.24. The van der Waals surface area contributed by atoms with Gasteiger partial charge in [-0.05, 0) is 30.0 Å². The molecule has 4 N–H and O–H groups in total. The van der Waals surface area contributed by atoms with E-state index in [-0.39, 0.29) is 19.1 Å². The van der Waals surface area contributed by atoms with Gasteiger partial charge in [-0.2, -0.15) is 0 Å². The Hall–Kier alpha value is -1.92. The number of aryl methyl sites for hydroxylation is 1. The van der Waals surface area contributed by atoms with Crippen LogP contribution in [-0.4, -0.2) is 36.7 Å². The van der Waals surface area contributed by atoms with Gasteiger partial charge in [-0.3, -0.25) is 4.79 Å². The summed E-state index contributed by atoms with van der Waals surface area (Å²) in [5, 5.41) is 11.3. The topological polar surface area (TPSA) is 102 Å². The maximum Gasteiger partial charge on any atom is 0.329 e. The molecule has 0 saturated carbocycles. The van der Waals surface area contributed by atoms with Crippen molar-refractivity contribution >= 4 is 11.9 Å². The number of aliphatic carboxylic acids is 1. The smallest absolute Gasteiger partial charge is 0.329 e. The Morgan fingerprint density at radius 1 is 1.50 bits per heavy atom. The number of benzene rings is 1. The molecule has 0 aromatic heterocycles. The van der Waals surface area contributed by atoms with E-state index >= 15 is 0 Å². The van der Waals surface area contributed by atoms with Crippen molar-refractivity contribution in [2.75, 3.05) is 19.8 Å². The van der Waals surface area contributed by atoms with Crippen LogP contribution in [0.4, 0.5) is 0 Å². The van der Waals surface area contributed by atoms with Crippen molar-refractivity contribution < 1.29 is 19.4 Å². The van der Waals surface area contributed by atoms with Gasteiger partial charge in [0, 0.05) is 12.1 Å². The van der Waals surface area contributed by atoms with Crippen LogP contribution in [0.15, 0.2) is 18.2 Å². The monoisotopic (exact) mass is 278 g/mol. The number of nitrogens with one attached hydrogen (secondary N) is 1. The first-order valence-electron chi connectivity index (χ1n) is 6.54. The lowest BCUT2D eigenvalue weighted by molar-refractivity contribution is -0.142. The molecule has 0 aliphatic carbocycles. The van der Waals surface area contributed by atoms with Crippen LogP contribution < -0.4 is 11.1 Å². The number of carbonyl (C=O) groups is 2. The van der Waals surface area contributed by atoms with Crippen LogP contribution in [0.3, 0.4) is 0 Å². The first kappa shape index (κ1) is 14.5. The maximum atomic E-state index is 11.9. The normalized spacial score (nSPS) is 15.9. The van der Waals surface area contributed by atoms with Crippen molar-refractivity contribution in [2.45, 2.75) is 18.9 Å².